The molecule has 0 bridgehead atoms. The second kappa shape index (κ2) is 6.52. The number of primary amides is 1. The van der Waals surface area contributed by atoms with E-state index < -0.39 is 11.9 Å². The molecule has 0 spiro atoms. The third-order valence-electron chi connectivity index (χ3n) is 3.90. The summed E-state index contributed by atoms with van der Waals surface area (Å²) in [6.45, 7) is 4.20. The van der Waals surface area contributed by atoms with E-state index in [1.54, 1.807) is 12.1 Å². The summed E-state index contributed by atoms with van der Waals surface area (Å²) in [7, 11) is 0. The van der Waals surface area contributed by atoms with E-state index in [1.165, 1.54) is 12.1 Å². The quantitative estimate of drug-likeness (QED) is 0.884. The van der Waals surface area contributed by atoms with E-state index in [4.69, 9.17) is 11.5 Å². The van der Waals surface area contributed by atoms with Crippen LogP contribution in [0.25, 0.3) is 0 Å². The van der Waals surface area contributed by atoms with Gasteiger partial charge in [0.2, 0.25) is 5.91 Å². The maximum Gasteiger partial charge on any atom is 0.239 e. The van der Waals surface area contributed by atoms with Crippen molar-refractivity contribution >= 4 is 18.3 Å². The molecule has 0 aromatic heterocycles. The molecule has 2 rings (SSSR count). The molecule has 1 aliphatic rings. The lowest BCUT2D eigenvalue weighted by Gasteiger charge is -2.28. The highest BCUT2D eigenvalue weighted by molar-refractivity contribution is 5.85. The van der Waals surface area contributed by atoms with Crippen LogP contribution in [0.5, 0.6) is 0 Å². The van der Waals surface area contributed by atoms with Crippen LogP contribution in [0.2, 0.25) is 0 Å². The molecular formula is C14H21ClFN3O. The number of nitrogens with two attached hydrogens (primary N) is 2. The molecule has 112 valence electrons. The highest BCUT2D eigenvalue weighted by atomic mass is 35.5. The molecule has 1 aromatic rings. The number of halogens is 2. The lowest BCUT2D eigenvalue weighted by atomic mass is 9.90. The normalized spacial score (nSPS) is 24.1. The average Bonchev–Trinajstić information content (AvgIpc) is 2.75. The molecule has 20 heavy (non-hydrogen) atoms. The zero-order chi connectivity index (χ0) is 14.0. The highest BCUT2D eigenvalue weighted by Gasteiger charge is 2.38. The molecule has 4 N–H and O–H groups in total. The minimum atomic E-state index is -0.506. The molecule has 1 amide bonds. The van der Waals surface area contributed by atoms with Crippen molar-refractivity contribution in [1.29, 1.82) is 0 Å². The standard InChI is InChI=1S/C14H20FN3O.ClH/c1-14(8-16)6-7-18(9-14)12(13(17)19)10-2-4-11(15)5-3-10;/h2-5,12H,6-9,16H2,1H3,(H2,17,19);1H. The molecule has 4 nitrogen and oxygen atoms in total. The van der Waals surface area contributed by atoms with Gasteiger partial charge in [-0.2, -0.15) is 0 Å². The van der Waals surface area contributed by atoms with Gasteiger partial charge in [0.15, 0.2) is 0 Å². The Bertz CT molecular complexity index is 468. The van der Waals surface area contributed by atoms with Gasteiger partial charge in [0, 0.05) is 6.54 Å². The van der Waals surface area contributed by atoms with Crippen molar-refractivity contribution in [2.75, 3.05) is 19.6 Å². The molecule has 0 radical (unpaired) electrons. The summed E-state index contributed by atoms with van der Waals surface area (Å²) >= 11 is 0. The van der Waals surface area contributed by atoms with E-state index in [1.807, 2.05) is 4.90 Å². The molecule has 0 aliphatic carbocycles. The Morgan fingerprint density at radius 2 is 2.05 bits per heavy atom. The molecule has 1 heterocycles. The molecular weight excluding hydrogens is 281 g/mol. The Labute approximate surface area is 124 Å². The van der Waals surface area contributed by atoms with Gasteiger partial charge in [-0.3, -0.25) is 9.69 Å². The number of amides is 1. The third kappa shape index (κ3) is 3.48. The summed E-state index contributed by atoms with van der Waals surface area (Å²) in [6, 6.07) is 5.42. The van der Waals surface area contributed by atoms with E-state index in [9.17, 15) is 9.18 Å². The predicted octanol–water partition coefficient (Wildman–Crippen LogP) is 1.44. The number of hydrogen-bond acceptors (Lipinski definition) is 3. The van der Waals surface area contributed by atoms with Crippen LogP contribution in [0.15, 0.2) is 24.3 Å². The van der Waals surface area contributed by atoms with Gasteiger partial charge < -0.3 is 11.5 Å². The number of carbonyl (C=O) groups excluding carboxylic acids is 1. The maximum absolute atomic E-state index is 13.0. The van der Waals surface area contributed by atoms with Gasteiger partial charge in [-0.25, -0.2) is 4.39 Å². The zero-order valence-corrected chi connectivity index (χ0v) is 12.3. The summed E-state index contributed by atoms with van der Waals surface area (Å²) in [5, 5.41) is 0. The Hall–Kier alpha value is -1.17. The van der Waals surface area contributed by atoms with Gasteiger partial charge in [0.05, 0.1) is 0 Å². The summed E-state index contributed by atoms with van der Waals surface area (Å²) in [4.78, 5) is 13.8. The number of likely N-dealkylation sites (tertiary alicyclic amines) is 1. The Morgan fingerprint density at radius 3 is 2.50 bits per heavy atom. The van der Waals surface area contributed by atoms with Crippen LogP contribution in [-0.2, 0) is 4.79 Å². The van der Waals surface area contributed by atoms with E-state index in [0.29, 0.717) is 6.54 Å². The van der Waals surface area contributed by atoms with Crippen LogP contribution in [0.3, 0.4) is 0 Å². The predicted molar refractivity (Wildman–Crippen MR) is 78.9 cm³/mol. The van der Waals surface area contributed by atoms with E-state index in [-0.39, 0.29) is 23.6 Å². The second-order valence-electron chi connectivity index (χ2n) is 5.59. The first-order valence-corrected chi connectivity index (χ1v) is 6.44. The lowest BCUT2D eigenvalue weighted by Crippen LogP contribution is -2.39. The van der Waals surface area contributed by atoms with Crippen molar-refractivity contribution in [1.82, 2.24) is 4.90 Å². The van der Waals surface area contributed by atoms with Gasteiger partial charge in [-0.05, 0) is 42.6 Å². The fourth-order valence-corrected chi connectivity index (χ4v) is 2.65. The lowest BCUT2D eigenvalue weighted by molar-refractivity contribution is -0.123. The minimum Gasteiger partial charge on any atom is -0.368 e. The van der Waals surface area contributed by atoms with Crippen LogP contribution in [0.1, 0.15) is 24.9 Å². The van der Waals surface area contributed by atoms with Gasteiger partial charge in [0.1, 0.15) is 11.9 Å². The highest BCUT2D eigenvalue weighted by Crippen LogP contribution is 2.34. The molecule has 1 aromatic carbocycles. The number of rotatable bonds is 4. The van der Waals surface area contributed by atoms with Gasteiger partial charge in [-0.1, -0.05) is 19.1 Å². The van der Waals surface area contributed by atoms with Crippen LogP contribution >= 0.6 is 12.4 Å². The van der Waals surface area contributed by atoms with Crippen molar-refractivity contribution in [3.05, 3.63) is 35.6 Å². The molecule has 2 atom stereocenters. The van der Waals surface area contributed by atoms with E-state index >= 15 is 0 Å². The zero-order valence-electron chi connectivity index (χ0n) is 11.5. The number of benzene rings is 1. The first kappa shape index (κ1) is 16.9. The fraction of sp³-hybridized carbons (Fsp3) is 0.500. The minimum absolute atomic E-state index is 0. The summed E-state index contributed by atoms with van der Waals surface area (Å²) in [5.41, 5.74) is 12.0. The first-order chi connectivity index (χ1) is 8.95. The molecule has 6 heteroatoms. The molecule has 1 aliphatic heterocycles. The fourth-order valence-electron chi connectivity index (χ4n) is 2.65. The Balaban J connectivity index is 0.00000200. The second-order valence-corrected chi connectivity index (χ2v) is 5.59. The van der Waals surface area contributed by atoms with Crippen molar-refractivity contribution in [3.8, 4) is 0 Å². The topological polar surface area (TPSA) is 72.3 Å². The number of hydrogen-bond donors (Lipinski definition) is 2. The summed E-state index contributed by atoms with van der Waals surface area (Å²) in [5.74, 6) is -0.729. The molecule has 1 saturated heterocycles. The molecule has 2 unspecified atom stereocenters. The van der Waals surface area contributed by atoms with Crippen LogP contribution < -0.4 is 11.5 Å². The third-order valence-corrected chi connectivity index (χ3v) is 3.90. The van der Waals surface area contributed by atoms with E-state index in [2.05, 4.69) is 6.92 Å². The van der Waals surface area contributed by atoms with Crippen molar-refractivity contribution < 1.29 is 9.18 Å². The van der Waals surface area contributed by atoms with Crippen molar-refractivity contribution in [3.63, 3.8) is 0 Å². The summed E-state index contributed by atoms with van der Waals surface area (Å²) < 4.78 is 13.0. The van der Waals surface area contributed by atoms with Crippen LogP contribution in [-0.4, -0.2) is 30.4 Å². The maximum atomic E-state index is 13.0. The SMILES string of the molecule is CC1(CN)CCN(C(C(N)=O)c2ccc(F)cc2)C1.Cl. The Kier molecular flexibility index (Phi) is 5.50. The molecule has 1 fully saturated rings. The Morgan fingerprint density at radius 1 is 1.45 bits per heavy atom. The van der Waals surface area contributed by atoms with Gasteiger partial charge >= 0.3 is 0 Å². The van der Waals surface area contributed by atoms with Gasteiger partial charge in [0.25, 0.3) is 0 Å². The number of nitrogens with zero attached hydrogens (tertiary/aromatic N) is 1. The van der Waals surface area contributed by atoms with Crippen molar-refractivity contribution in [2.24, 2.45) is 16.9 Å². The van der Waals surface area contributed by atoms with Crippen LogP contribution in [0, 0.1) is 11.2 Å². The summed E-state index contributed by atoms with van der Waals surface area (Å²) in [6.07, 6.45) is 0.939. The smallest absolute Gasteiger partial charge is 0.239 e. The number of carbonyl (C=O) groups is 1. The average molecular weight is 302 g/mol. The van der Waals surface area contributed by atoms with Crippen molar-refractivity contribution in [2.45, 2.75) is 19.4 Å². The monoisotopic (exact) mass is 301 g/mol. The van der Waals surface area contributed by atoms with Gasteiger partial charge in [-0.15, -0.1) is 12.4 Å². The first-order valence-electron chi connectivity index (χ1n) is 6.44. The van der Waals surface area contributed by atoms with E-state index in [0.717, 1.165) is 25.1 Å². The van der Waals surface area contributed by atoms with Crippen LogP contribution in [0.4, 0.5) is 4.39 Å². The molecule has 0 saturated carbocycles. The largest absolute Gasteiger partial charge is 0.368 e.